The van der Waals surface area contributed by atoms with Crippen LogP contribution in [0, 0.1) is 6.92 Å². The smallest absolute Gasteiger partial charge is 0.347 e. The standard InChI is InChI=1S/C19H15ClF3N3O/c1-12-9-17(25-26(12)16-7-5-15(20)6-8-16)18(27)24-11-13-3-2-4-14(10-13)19(21,22)23/h2-10H,11H2,1H3,(H,24,27). The van der Waals surface area contributed by atoms with Gasteiger partial charge in [0.25, 0.3) is 5.91 Å². The van der Waals surface area contributed by atoms with Gasteiger partial charge in [0.15, 0.2) is 5.69 Å². The molecule has 0 spiro atoms. The predicted octanol–water partition coefficient (Wildman–Crippen LogP) is 4.78. The third-order valence-electron chi connectivity index (χ3n) is 3.90. The van der Waals surface area contributed by atoms with Crippen molar-refractivity contribution in [2.24, 2.45) is 0 Å². The van der Waals surface area contributed by atoms with Crippen LogP contribution in [0.15, 0.2) is 54.6 Å². The zero-order chi connectivity index (χ0) is 19.6. The monoisotopic (exact) mass is 393 g/mol. The van der Waals surface area contributed by atoms with E-state index < -0.39 is 17.6 Å². The summed E-state index contributed by atoms with van der Waals surface area (Å²) in [7, 11) is 0. The minimum Gasteiger partial charge on any atom is -0.347 e. The minimum atomic E-state index is -4.42. The number of halogens is 4. The van der Waals surface area contributed by atoms with Crippen molar-refractivity contribution in [3.8, 4) is 5.69 Å². The lowest BCUT2D eigenvalue weighted by Crippen LogP contribution is -2.23. The van der Waals surface area contributed by atoms with E-state index in [1.807, 2.05) is 0 Å². The number of aryl methyl sites for hydroxylation is 1. The summed E-state index contributed by atoms with van der Waals surface area (Å²) >= 11 is 5.87. The summed E-state index contributed by atoms with van der Waals surface area (Å²) in [5.74, 6) is -0.469. The van der Waals surface area contributed by atoms with Gasteiger partial charge in [0.2, 0.25) is 0 Å². The molecule has 1 aromatic heterocycles. The van der Waals surface area contributed by atoms with Gasteiger partial charge in [-0.05, 0) is 55.0 Å². The summed E-state index contributed by atoms with van der Waals surface area (Å²) in [5, 5.41) is 7.44. The van der Waals surface area contributed by atoms with E-state index in [1.165, 1.54) is 12.1 Å². The Morgan fingerprint density at radius 3 is 2.52 bits per heavy atom. The summed E-state index contributed by atoms with van der Waals surface area (Å²) < 4.78 is 39.9. The van der Waals surface area contributed by atoms with E-state index in [2.05, 4.69) is 10.4 Å². The Hall–Kier alpha value is -2.80. The Morgan fingerprint density at radius 2 is 1.85 bits per heavy atom. The molecule has 1 N–H and O–H groups in total. The van der Waals surface area contributed by atoms with Gasteiger partial charge >= 0.3 is 6.18 Å². The van der Waals surface area contributed by atoms with Gasteiger partial charge < -0.3 is 5.32 Å². The Bertz CT molecular complexity index is 965. The van der Waals surface area contributed by atoms with Crippen LogP contribution in [-0.2, 0) is 12.7 Å². The zero-order valence-corrected chi connectivity index (χ0v) is 15.0. The van der Waals surface area contributed by atoms with E-state index in [0.29, 0.717) is 10.6 Å². The second-order valence-electron chi connectivity index (χ2n) is 5.94. The highest BCUT2D eigenvalue weighted by Crippen LogP contribution is 2.29. The topological polar surface area (TPSA) is 46.9 Å². The van der Waals surface area contributed by atoms with Crippen LogP contribution in [0.4, 0.5) is 13.2 Å². The molecule has 0 unspecified atom stereocenters. The van der Waals surface area contributed by atoms with Crippen molar-refractivity contribution in [1.82, 2.24) is 15.1 Å². The van der Waals surface area contributed by atoms with Crippen molar-refractivity contribution in [1.29, 1.82) is 0 Å². The van der Waals surface area contributed by atoms with Crippen molar-refractivity contribution < 1.29 is 18.0 Å². The van der Waals surface area contributed by atoms with Crippen LogP contribution in [0.1, 0.15) is 27.3 Å². The van der Waals surface area contributed by atoms with E-state index in [9.17, 15) is 18.0 Å². The highest BCUT2D eigenvalue weighted by molar-refractivity contribution is 6.30. The Labute approximate surface area is 158 Å². The number of rotatable bonds is 4. The van der Waals surface area contributed by atoms with E-state index >= 15 is 0 Å². The first-order valence-corrected chi connectivity index (χ1v) is 8.39. The number of nitrogens with zero attached hydrogens (tertiary/aromatic N) is 2. The van der Waals surface area contributed by atoms with Gasteiger partial charge in [-0.1, -0.05) is 23.7 Å². The fraction of sp³-hybridized carbons (Fsp3) is 0.158. The second-order valence-corrected chi connectivity index (χ2v) is 6.38. The second kappa shape index (κ2) is 7.44. The summed E-state index contributed by atoms with van der Waals surface area (Å²) in [6, 6.07) is 13.4. The Balaban J connectivity index is 1.72. The number of benzene rings is 2. The van der Waals surface area contributed by atoms with E-state index in [0.717, 1.165) is 23.5 Å². The van der Waals surface area contributed by atoms with Gasteiger partial charge in [-0.15, -0.1) is 0 Å². The molecule has 0 atom stereocenters. The average Bonchev–Trinajstić information content (AvgIpc) is 3.02. The van der Waals surface area contributed by atoms with Crippen LogP contribution in [0.5, 0.6) is 0 Å². The summed E-state index contributed by atoms with van der Waals surface area (Å²) in [5.41, 5.74) is 1.26. The predicted molar refractivity (Wildman–Crippen MR) is 95.9 cm³/mol. The number of alkyl halides is 3. The van der Waals surface area contributed by atoms with E-state index in [4.69, 9.17) is 11.6 Å². The molecule has 0 radical (unpaired) electrons. The minimum absolute atomic E-state index is 0.0321. The van der Waals surface area contributed by atoms with Crippen molar-refractivity contribution >= 4 is 17.5 Å². The van der Waals surface area contributed by atoms with E-state index in [-0.39, 0.29) is 12.2 Å². The zero-order valence-electron chi connectivity index (χ0n) is 14.2. The van der Waals surface area contributed by atoms with Crippen LogP contribution >= 0.6 is 11.6 Å². The maximum absolute atomic E-state index is 12.8. The molecular formula is C19H15ClF3N3O. The molecule has 0 aliphatic carbocycles. The summed E-state index contributed by atoms with van der Waals surface area (Å²) in [4.78, 5) is 12.3. The molecule has 0 aliphatic heterocycles. The van der Waals surface area contributed by atoms with Gasteiger partial charge in [-0.25, -0.2) is 4.68 Å². The number of aromatic nitrogens is 2. The molecule has 4 nitrogen and oxygen atoms in total. The molecule has 0 saturated heterocycles. The fourth-order valence-electron chi connectivity index (χ4n) is 2.56. The normalized spacial score (nSPS) is 11.4. The number of hydrogen-bond acceptors (Lipinski definition) is 2. The molecule has 2 aromatic carbocycles. The first-order valence-electron chi connectivity index (χ1n) is 8.01. The average molecular weight is 394 g/mol. The van der Waals surface area contributed by atoms with Crippen LogP contribution < -0.4 is 5.32 Å². The molecular weight excluding hydrogens is 379 g/mol. The maximum atomic E-state index is 12.8. The molecule has 0 aliphatic rings. The largest absolute Gasteiger partial charge is 0.416 e. The summed E-state index contributed by atoms with van der Waals surface area (Å²) in [6.07, 6.45) is -4.42. The van der Waals surface area contributed by atoms with Crippen LogP contribution in [-0.4, -0.2) is 15.7 Å². The Kier molecular flexibility index (Phi) is 5.23. The lowest BCUT2D eigenvalue weighted by molar-refractivity contribution is -0.137. The first-order chi connectivity index (χ1) is 12.7. The molecule has 8 heteroatoms. The number of carbonyl (C=O) groups excluding carboxylic acids is 1. The first kappa shape index (κ1) is 19.0. The van der Waals surface area contributed by atoms with Crippen LogP contribution in [0.25, 0.3) is 5.69 Å². The molecule has 0 fully saturated rings. The lowest BCUT2D eigenvalue weighted by atomic mass is 10.1. The van der Waals surface area contributed by atoms with Gasteiger partial charge in [0, 0.05) is 17.3 Å². The van der Waals surface area contributed by atoms with E-state index in [1.54, 1.807) is 41.9 Å². The molecule has 1 amide bonds. The highest BCUT2D eigenvalue weighted by Gasteiger charge is 2.30. The molecule has 1 heterocycles. The number of hydrogen-bond donors (Lipinski definition) is 1. The molecule has 0 saturated carbocycles. The third kappa shape index (κ3) is 4.49. The third-order valence-corrected chi connectivity index (χ3v) is 4.15. The van der Waals surface area contributed by atoms with Crippen molar-refractivity contribution in [3.63, 3.8) is 0 Å². The van der Waals surface area contributed by atoms with Crippen LogP contribution in [0.2, 0.25) is 5.02 Å². The number of nitrogens with one attached hydrogen (secondary N) is 1. The fourth-order valence-corrected chi connectivity index (χ4v) is 2.69. The highest BCUT2D eigenvalue weighted by atomic mass is 35.5. The molecule has 3 rings (SSSR count). The van der Waals surface area contributed by atoms with Crippen LogP contribution in [0.3, 0.4) is 0 Å². The number of carbonyl (C=O) groups is 1. The molecule has 27 heavy (non-hydrogen) atoms. The SMILES string of the molecule is Cc1cc(C(=O)NCc2cccc(C(F)(F)F)c2)nn1-c1ccc(Cl)cc1. The van der Waals surface area contributed by atoms with Gasteiger partial charge in [-0.2, -0.15) is 18.3 Å². The van der Waals surface area contributed by atoms with Crippen molar-refractivity contribution in [3.05, 3.63) is 82.1 Å². The van der Waals surface area contributed by atoms with Gasteiger partial charge in [-0.3, -0.25) is 4.79 Å². The van der Waals surface area contributed by atoms with Crippen molar-refractivity contribution in [2.75, 3.05) is 0 Å². The molecule has 0 bridgehead atoms. The molecule has 140 valence electrons. The number of amides is 1. The van der Waals surface area contributed by atoms with Gasteiger partial charge in [0.1, 0.15) is 0 Å². The lowest BCUT2D eigenvalue weighted by Gasteiger charge is -2.09. The van der Waals surface area contributed by atoms with Crippen molar-refractivity contribution in [2.45, 2.75) is 19.6 Å². The van der Waals surface area contributed by atoms with Gasteiger partial charge in [0.05, 0.1) is 11.3 Å². The summed E-state index contributed by atoms with van der Waals surface area (Å²) in [6.45, 7) is 1.76. The maximum Gasteiger partial charge on any atom is 0.416 e. The quantitative estimate of drug-likeness (QED) is 0.693. The Morgan fingerprint density at radius 1 is 1.15 bits per heavy atom. The molecule has 3 aromatic rings.